The monoisotopic (exact) mass is 320 g/mol. The summed E-state index contributed by atoms with van der Waals surface area (Å²) >= 11 is 0. The quantitative estimate of drug-likeness (QED) is 0.883. The SMILES string of the molecule is OC(c1ccc(F)cc1)c1nccn1CC(O)C1CCOCC1. The van der Waals surface area contributed by atoms with E-state index in [2.05, 4.69) is 4.98 Å². The van der Waals surface area contributed by atoms with Gasteiger partial charge in [0, 0.05) is 25.6 Å². The molecule has 0 spiro atoms. The van der Waals surface area contributed by atoms with Crippen molar-refractivity contribution in [3.63, 3.8) is 0 Å². The summed E-state index contributed by atoms with van der Waals surface area (Å²) in [4.78, 5) is 4.20. The number of hydrogen-bond donors (Lipinski definition) is 2. The van der Waals surface area contributed by atoms with Crippen LogP contribution in [-0.2, 0) is 11.3 Å². The van der Waals surface area contributed by atoms with Crippen LogP contribution in [0.15, 0.2) is 36.7 Å². The van der Waals surface area contributed by atoms with Gasteiger partial charge in [-0.15, -0.1) is 0 Å². The first-order chi connectivity index (χ1) is 11.1. The van der Waals surface area contributed by atoms with Crippen molar-refractivity contribution in [1.29, 1.82) is 0 Å². The van der Waals surface area contributed by atoms with E-state index in [1.807, 2.05) is 0 Å². The second kappa shape index (κ2) is 7.21. The Labute approximate surface area is 134 Å². The van der Waals surface area contributed by atoms with Crippen LogP contribution in [0.25, 0.3) is 0 Å². The summed E-state index contributed by atoms with van der Waals surface area (Å²) < 4.78 is 20.1. The number of rotatable bonds is 5. The lowest BCUT2D eigenvalue weighted by Crippen LogP contribution is -2.31. The van der Waals surface area contributed by atoms with E-state index < -0.39 is 12.2 Å². The Bertz CT molecular complexity index is 623. The molecule has 0 saturated carbocycles. The molecule has 2 heterocycles. The van der Waals surface area contributed by atoms with Crippen molar-refractivity contribution >= 4 is 0 Å². The zero-order valence-electron chi connectivity index (χ0n) is 12.8. The van der Waals surface area contributed by atoms with Crippen molar-refractivity contribution in [2.45, 2.75) is 31.6 Å². The highest BCUT2D eigenvalue weighted by atomic mass is 19.1. The Balaban J connectivity index is 1.72. The number of imidazole rings is 1. The molecule has 1 aliphatic rings. The lowest BCUT2D eigenvalue weighted by molar-refractivity contribution is 0.000812. The molecule has 5 nitrogen and oxygen atoms in total. The van der Waals surface area contributed by atoms with Crippen LogP contribution in [0.5, 0.6) is 0 Å². The minimum atomic E-state index is -0.951. The van der Waals surface area contributed by atoms with Gasteiger partial charge in [-0.25, -0.2) is 9.37 Å². The summed E-state index contributed by atoms with van der Waals surface area (Å²) in [7, 11) is 0. The number of benzene rings is 1. The molecule has 1 fully saturated rings. The van der Waals surface area contributed by atoms with E-state index >= 15 is 0 Å². The Morgan fingerprint density at radius 3 is 2.61 bits per heavy atom. The molecule has 0 aliphatic carbocycles. The van der Waals surface area contributed by atoms with E-state index in [4.69, 9.17) is 4.74 Å². The molecule has 1 aromatic carbocycles. The minimum Gasteiger partial charge on any atom is -0.391 e. The second-order valence-corrected chi connectivity index (χ2v) is 5.91. The van der Waals surface area contributed by atoms with Gasteiger partial charge in [0.1, 0.15) is 17.7 Å². The third kappa shape index (κ3) is 3.77. The third-order valence-corrected chi connectivity index (χ3v) is 4.37. The van der Waals surface area contributed by atoms with Gasteiger partial charge in [0.05, 0.1) is 12.6 Å². The molecule has 0 radical (unpaired) electrons. The predicted octanol–water partition coefficient (Wildman–Crippen LogP) is 1.89. The fourth-order valence-electron chi connectivity index (χ4n) is 2.97. The predicted molar refractivity (Wildman–Crippen MR) is 82.2 cm³/mol. The topological polar surface area (TPSA) is 67.5 Å². The number of aliphatic hydroxyl groups is 2. The van der Waals surface area contributed by atoms with Crippen molar-refractivity contribution in [3.05, 3.63) is 53.9 Å². The van der Waals surface area contributed by atoms with Gasteiger partial charge in [0.15, 0.2) is 0 Å². The summed E-state index contributed by atoms with van der Waals surface area (Å²) in [5, 5.41) is 20.9. The van der Waals surface area contributed by atoms with Crippen LogP contribution >= 0.6 is 0 Å². The van der Waals surface area contributed by atoms with Crippen molar-refractivity contribution in [3.8, 4) is 0 Å². The van der Waals surface area contributed by atoms with E-state index in [-0.39, 0.29) is 11.7 Å². The maximum Gasteiger partial charge on any atom is 0.142 e. The molecule has 6 heteroatoms. The number of halogens is 1. The van der Waals surface area contributed by atoms with E-state index in [0.717, 1.165) is 12.8 Å². The summed E-state index contributed by atoms with van der Waals surface area (Å²) in [6.07, 6.45) is 3.56. The van der Waals surface area contributed by atoms with Crippen molar-refractivity contribution in [2.24, 2.45) is 5.92 Å². The first-order valence-electron chi connectivity index (χ1n) is 7.85. The molecule has 23 heavy (non-hydrogen) atoms. The van der Waals surface area contributed by atoms with Crippen molar-refractivity contribution in [2.75, 3.05) is 13.2 Å². The smallest absolute Gasteiger partial charge is 0.142 e. The van der Waals surface area contributed by atoms with Gasteiger partial charge in [0.2, 0.25) is 0 Å². The van der Waals surface area contributed by atoms with Gasteiger partial charge >= 0.3 is 0 Å². The lowest BCUT2D eigenvalue weighted by Gasteiger charge is -2.27. The summed E-state index contributed by atoms with van der Waals surface area (Å²) in [5.41, 5.74) is 0.569. The van der Waals surface area contributed by atoms with Gasteiger partial charge < -0.3 is 19.5 Å². The number of nitrogens with zero attached hydrogens (tertiary/aromatic N) is 2. The molecule has 2 atom stereocenters. The second-order valence-electron chi connectivity index (χ2n) is 5.91. The minimum absolute atomic E-state index is 0.196. The number of hydrogen-bond acceptors (Lipinski definition) is 4. The molecular formula is C17H21FN2O3. The van der Waals surface area contributed by atoms with E-state index in [1.54, 1.807) is 17.0 Å². The summed E-state index contributed by atoms with van der Waals surface area (Å²) in [6.45, 7) is 1.73. The van der Waals surface area contributed by atoms with Crippen LogP contribution in [0.4, 0.5) is 4.39 Å². The zero-order valence-corrected chi connectivity index (χ0v) is 12.8. The Hall–Kier alpha value is -1.76. The molecule has 0 amide bonds. The lowest BCUT2D eigenvalue weighted by atomic mass is 9.94. The number of ether oxygens (including phenoxy) is 1. The molecule has 1 aliphatic heterocycles. The van der Waals surface area contributed by atoms with Crippen molar-refractivity contribution < 1.29 is 19.3 Å². The highest BCUT2D eigenvalue weighted by molar-refractivity contribution is 5.23. The Kier molecular flexibility index (Phi) is 5.05. The standard InChI is InChI=1S/C17H21FN2O3/c18-14-3-1-13(2-4-14)16(22)17-19-7-8-20(17)11-15(21)12-5-9-23-10-6-12/h1-4,7-8,12,15-16,21-22H,5-6,9-11H2. The number of aliphatic hydroxyl groups excluding tert-OH is 2. The van der Waals surface area contributed by atoms with E-state index in [1.165, 1.54) is 24.3 Å². The van der Waals surface area contributed by atoms with Crippen LogP contribution < -0.4 is 0 Å². The van der Waals surface area contributed by atoms with Crippen LogP contribution in [-0.4, -0.2) is 39.1 Å². The molecule has 2 aromatic rings. The zero-order chi connectivity index (χ0) is 16.2. The normalized spacial score (nSPS) is 18.7. The molecule has 1 aromatic heterocycles. The average Bonchev–Trinajstić information content (AvgIpc) is 3.04. The van der Waals surface area contributed by atoms with E-state index in [9.17, 15) is 14.6 Å². The highest BCUT2D eigenvalue weighted by Gasteiger charge is 2.24. The first-order valence-corrected chi connectivity index (χ1v) is 7.85. The molecule has 3 rings (SSSR count). The maximum atomic E-state index is 13.0. The van der Waals surface area contributed by atoms with Crippen LogP contribution in [0.3, 0.4) is 0 Å². The molecular weight excluding hydrogens is 299 g/mol. The number of aromatic nitrogens is 2. The van der Waals surface area contributed by atoms with Crippen LogP contribution in [0, 0.1) is 11.7 Å². The third-order valence-electron chi connectivity index (χ3n) is 4.37. The summed E-state index contributed by atoms with van der Waals surface area (Å²) in [6, 6.07) is 5.69. The van der Waals surface area contributed by atoms with Crippen molar-refractivity contribution in [1.82, 2.24) is 9.55 Å². The Morgan fingerprint density at radius 2 is 1.91 bits per heavy atom. The van der Waals surface area contributed by atoms with Crippen LogP contribution in [0.1, 0.15) is 30.3 Å². The largest absolute Gasteiger partial charge is 0.391 e. The fraction of sp³-hybridized carbons (Fsp3) is 0.471. The average molecular weight is 320 g/mol. The van der Waals surface area contributed by atoms with E-state index in [0.29, 0.717) is 31.1 Å². The molecule has 0 bridgehead atoms. The summed E-state index contributed by atoms with van der Waals surface area (Å²) in [5.74, 6) is 0.295. The molecule has 2 N–H and O–H groups in total. The van der Waals surface area contributed by atoms with Gasteiger partial charge in [-0.3, -0.25) is 0 Å². The highest BCUT2D eigenvalue weighted by Crippen LogP contribution is 2.24. The first kappa shape index (κ1) is 16.1. The fourth-order valence-corrected chi connectivity index (χ4v) is 2.97. The molecule has 124 valence electrons. The van der Waals surface area contributed by atoms with Crippen LogP contribution in [0.2, 0.25) is 0 Å². The van der Waals surface area contributed by atoms with Gasteiger partial charge in [-0.2, -0.15) is 0 Å². The van der Waals surface area contributed by atoms with Gasteiger partial charge in [-0.05, 0) is 36.5 Å². The maximum absolute atomic E-state index is 13.0. The van der Waals surface area contributed by atoms with Gasteiger partial charge in [0.25, 0.3) is 0 Å². The molecule has 2 unspecified atom stereocenters. The molecule has 1 saturated heterocycles. The van der Waals surface area contributed by atoms with Gasteiger partial charge in [-0.1, -0.05) is 12.1 Å². The Morgan fingerprint density at radius 1 is 1.22 bits per heavy atom.